The summed E-state index contributed by atoms with van der Waals surface area (Å²) in [4.78, 5) is 23.7. The highest BCUT2D eigenvalue weighted by atomic mass is 35.5. The van der Waals surface area contributed by atoms with Crippen LogP contribution in [0, 0.1) is 0 Å². The lowest BCUT2D eigenvalue weighted by atomic mass is 9.84. The van der Waals surface area contributed by atoms with Gasteiger partial charge in [0.2, 0.25) is 5.91 Å². The lowest BCUT2D eigenvalue weighted by molar-refractivity contribution is -0.120. The summed E-state index contributed by atoms with van der Waals surface area (Å²) in [6, 6.07) is 10.0. The molecule has 0 unspecified atom stereocenters. The molecule has 5 nitrogen and oxygen atoms in total. The van der Waals surface area contributed by atoms with Crippen LogP contribution in [-0.2, 0) is 17.3 Å². The van der Waals surface area contributed by atoms with E-state index >= 15 is 0 Å². The molecule has 1 aromatic heterocycles. The predicted molar refractivity (Wildman–Crippen MR) is 82.6 cm³/mol. The quantitative estimate of drug-likeness (QED) is 0.946. The average Bonchev–Trinajstić information content (AvgIpc) is 2.43. The van der Waals surface area contributed by atoms with E-state index in [1.165, 1.54) is 23.9 Å². The number of hydrogen-bond donors (Lipinski definition) is 1. The molecule has 0 fully saturated rings. The highest BCUT2D eigenvalue weighted by Crippen LogP contribution is 2.26. The van der Waals surface area contributed by atoms with Crippen LogP contribution in [0.25, 0.3) is 0 Å². The molecule has 6 heteroatoms. The predicted octanol–water partition coefficient (Wildman–Crippen LogP) is 2.35. The summed E-state index contributed by atoms with van der Waals surface area (Å²) in [5.74, 6) is 0.105. The first-order valence-corrected chi connectivity index (χ1v) is 6.80. The van der Waals surface area contributed by atoms with Crippen LogP contribution in [0.4, 0.5) is 5.82 Å². The number of amides is 1. The number of rotatable bonds is 3. The first-order chi connectivity index (χ1) is 9.80. The molecule has 1 N–H and O–H groups in total. The van der Waals surface area contributed by atoms with Crippen LogP contribution in [0.5, 0.6) is 0 Å². The maximum Gasteiger partial charge on any atom is 0.266 e. The van der Waals surface area contributed by atoms with Gasteiger partial charge in [-0.2, -0.15) is 5.10 Å². The minimum atomic E-state index is -0.777. The van der Waals surface area contributed by atoms with E-state index in [1.54, 1.807) is 32.0 Å². The second-order valence-electron chi connectivity index (χ2n) is 5.27. The highest BCUT2D eigenvalue weighted by Gasteiger charge is 2.30. The topological polar surface area (TPSA) is 64.0 Å². The summed E-state index contributed by atoms with van der Waals surface area (Å²) in [6.07, 6.45) is 0. The van der Waals surface area contributed by atoms with Gasteiger partial charge in [0.05, 0.1) is 5.41 Å². The number of nitrogens with one attached hydrogen (secondary N) is 1. The van der Waals surface area contributed by atoms with Gasteiger partial charge in [-0.3, -0.25) is 9.59 Å². The molecule has 2 aromatic rings. The molecular formula is C15H16ClN3O2. The Balaban J connectivity index is 2.26. The van der Waals surface area contributed by atoms with Gasteiger partial charge in [-0.15, -0.1) is 0 Å². The van der Waals surface area contributed by atoms with E-state index in [0.29, 0.717) is 10.8 Å². The molecule has 0 saturated carbocycles. The Labute approximate surface area is 127 Å². The normalized spacial score (nSPS) is 11.2. The largest absolute Gasteiger partial charge is 0.308 e. The van der Waals surface area contributed by atoms with Gasteiger partial charge >= 0.3 is 0 Å². The molecule has 0 aliphatic rings. The Morgan fingerprint density at radius 2 is 2.00 bits per heavy atom. The second-order valence-corrected chi connectivity index (χ2v) is 5.71. The number of benzene rings is 1. The van der Waals surface area contributed by atoms with Gasteiger partial charge in [0.25, 0.3) is 5.56 Å². The Morgan fingerprint density at radius 3 is 2.62 bits per heavy atom. The van der Waals surface area contributed by atoms with Crippen molar-refractivity contribution in [2.24, 2.45) is 7.05 Å². The third-order valence-electron chi connectivity index (χ3n) is 3.32. The molecule has 0 bridgehead atoms. The van der Waals surface area contributed by atoms with Crippen molar-refractivity contribution >= 4 is 23.3 Å². The summed E-state index contributed by atoms with van der Waals surface area (Å²) < 4.78 is 1.17. The Bertz CT molecular complexity index is 738. The van der Waals surface area contributed by atoms with Crippen LogP contribution < -0.4 is 10.9 Å². The zero-order chi connectivity index (χ0) is 15.6. The minimum Gasteiger partial charge on any atom is -0.308 e. The van der Waals surface area contributed by atoms with Crippen LogP contribution in [0.2, 0.25) is 5.02 Å². The Hall–Kier alpha value is -2.14. The van der Waals surface area contributed by atoms with Crippen LogP contribution in [0.3, 0.4) is 0 Å². The van der Waals surface area contributed by atoms with Crippen molar-refractivity contribution in [3.63, 3.8) is 0 Å². The van der Waals surface area contributed by atoms with E-state index in [4.69, 9.17) is 11.6 Å². The molecule has 0 atom stereocenters. The number of nitrogens with zero attached hydrogens (tertiary/aromatic N) is 2. The van der Waals surface area contributed by atoms with E-state index in [0.717, 1.165) is 5.56 Å². The molecule has 1 aromatic carbocycles. The Kier molecular flexibility index (Phi) is 4.14. The fourth-order valence-corrected chi connectivity index (χ4v) is 2.04. The first-order valence-electron chi connectivity index (χ1n) is 6.42. The van der Waals surface area contributed by atoms with E-state index in [-0.39, 0.29) is 11.5 Å². The minimum absolute atomic E-state index is 0.226. The third-order valence-corrected chi connectivity index (χ3v) is 3.55. The van der Waals surface area contributed by atoms with E-state index in [1.807, 2.05) is 6.07 Å². The molecule has 110 valence electrons. The Morgan fingerprint density at radius 1 is 1.29 bits per heavy atom. The van der Waals surface area contributed by atoms with Crippen molar-refractivity contribution in [1.82, 2.24) is 9.78 Å². The summed E-state index contributed by atoms with van der Waals surface area (Å²) in [7, 11) is 1.53. The summed E-state index contributed by atoms with van der Waals surface area (Å²) in [5.41, 5.74) is -0.208. The van der Waals surface area contributed by atoms with Crippen LogP contribution >= 0.6 is 11.6 Å². The molecule has 21 heavy (non-hydrogen) atoms. The molecule has 0 radical (unpaired) electrons. The number of aromatic nitrogens is 2. The van der Waals surface area contributed by atoms with E-state index < -0.39 is 5.41 Å². The van der Waals surface area contributed by atoms with Crippen molar-refractivity contribution in [3.8, 4) is 0 Å². The third kappa shape index (κ3) is 3.31. The summed E-state index contributed by atoms with van der Waals surface area (Å²) in [6.45, 7) is 3.60. The summed E-state index contributed by atoms with van der Waals surface area (Å²) in [5, 5.41) is 7.28. The number of hydrogen-bond acceptors (Lipinski definition) is 3. The van der Waals surface area contributed by atoms with Crippen LogP contribution in [-0.4, -0.2) is 15.7 Å². The average molecular weight is 306 g/mol. The number of carbonyl (C=O) groups is 1. The van der Waals surface area contributed by atoms with Crippen molar-refractivity contribution < 1.29 is 4.79 Å². The lowest BCUT2D eigenvalue weighted by Crippen LogP contribution is -2.35. The standard InChI is InChI=1S/C15H16ClN3O2/c1-15(2,10-5-4-6-11(16)9-10)14(21)17-12-7-8-13(20)19(3)18-12/h4-9H,1-3H3,(H,17,18,21). The van der Waals surface area contributed by atoms with Gasteiger partial charge in [0.15, 0.2) is 5.82 Å². The number of carbonyl (C=O) groups excluding carboxylic acids is 1. The molecule has 1 amide bonds. The fraction of sp³-hybridized carbons (Fsp3) is 0.267. The molecule has 0 aliphatic carbocycles. The van der Waals surface area contributed by atoms with Gasteiger partial charge < -0.3 is 5.32 Å². The van der Waals surface area contributed by atoms with Crippen molar-refractivity contribution in [3.05, 3.63) is 57.3 Å². The van der Waals surface area contributed by atoms with E-state index in [9.17, 15) is 9.59 Å². The fourth-order valence-electron chi connectivity index (χ4n) is 1.85. The van der Waals surface area contributed by atoms with Crippen LogP contribution in [0.15, 0.2) is 41.2 Å². The van der Waals surface area contributed by atoms with Gasteiger partial charge in [-0.25, -0.2) is 4.68 Å². The SMILES string of the molecule is Cn1nc(NC(=O)C(C)(C)c2cccc(Cl)c2)ccc1=O. The zero-order valence-electron chi connectivity index (χ0n) is 12.1. The van der Waals surface area contributed by atoms with E-state index in [2.05, 4.69) is 10.4 Å². The first kappa shape index (κ1) is 15.3. The molecule has 2 rings (SSSR count). The van der Waals surface area contributed by atoms with Crippen molar-refractivity contribution in [2.75, 3.05) is 5.32 Å². The summed E-state index contributed by atoms with van der Waals surface area (Å²) >= 11 is 5.97. The highest BCUT2D eigenvalue weighted by molar-refractivity contribution is 6.30. The van der Waals surface area contributed by atoms with Gasteiger partial charge in [0, 0.05) is 18.1 Å². The maximum atomic E-state index is 12.5. The number of halogens is 1. The van der Waals surface area contributed by atoms with Gasteiger partial charge in [0.1, 0.15) is 0 Å². The lowest BCUT2D eigenvalue weighted by Gasteiger charge is -2.24. The van der Waals surface area contributed by atoms with Crippen molar-refractivity contribution in [1.29, 1.82) is 0 Å². The molecule has 0 spiro atoms. The number of aryl methyl sites for hydroxylation is 1. The molecule has 1 heterocycles. The smallest absolute Gasteiger partial charge is 0.266 e. The number of anilines is 1. The van der Waals surface area contributed by atoms with Gasteiger partial charge in [-0.05, 0) is 37.6 Å². The second kappa shape index (κ2) is 5.69. The zero-order valence-corrected chi connectivity index (χ0v) is 12.8. The molecule has 0 saturated heterocycles. The van der Waals surface area contributed by atoms with Crippen LogP contribution in [0.1, 0.15) is 19.4 Å². The monoisotopic (exact) mass is 305 g/mol. The van der Waals surface area contributed by atoms with Gasteiger partial charge in [-0.1, -0.05) is 23.7 Å². The molecular weight excluding hydrogens is 290 g/mol. The van der Waals surface area contributed by atoms with Crippen molar-refractivity contribution in [2.45, 2.75) is 19.3 Å². The molecule has 0 aliphatic heterocycles. The maximum absolute atomic E-state index is 12.5.